The van der Waals surface area contributed by atoms with Crippen molar-refractivity contribution in [3.05, 3.63) is 53.6 Å². The zero-order chi connectivity index (χ0) is 18.2. The number of rotatable bonds is 7. The highest BCUT2D eigenvalue weighted by Crippen LogP contribution is 2.28. The number of hydrogen-bond acceptors (Lipinski definition) is 5. The van der Waals surface area contributed by atoms with E-state index in [1.165, 1.54) is 7.11 Å². The van der Waals surface area contributed by atoms with Gasteiger partial charge in [-0.2, -0.15) is 0 Å². The van der Waals surface area contributed by atoms with Crippen LogP contribution in [-0.2, 0) is 16.0 Å². The van der Waals surface area contributed by atoms with Crippen molar-refractivity contribution in [3.8, 4) is 11.5 Å². The fourth-order valence-electron chi connectivity index (χ4n) is 2.39. The summed E-state index contributed by atoms with van der Waals surface area (Å²) >= 11 is 0. The number of carbonyl (C=O) groups is 2. The minimum absolute atomic E-state index is 0.189. The number of anilines is 1. The first-order chi connectivity index (χ1) is 12.1. The van der Waals surface area contributed by atoms with Crippen LogP contribution in [0, 0.1) is 0 Å². The number of hydrogen-bond donors (Lipinski definition) is 1. The molecule has 0 aliphatic heterocycles. The van der Waals surface area contributed by atoms with Crippen LogP contribution in [0.2, 0.25) is 0 Å². The zero-order valence-electron chi connectivity index (χ0n) is 14.5. The third-order valence-corrected chi connectivity index (χ3v) is 3.70. The summed E-state index contributed by atoms with van der Waals surface area (Å²) in [6, 6.07) is 12.3. The standard InChI is InChI=1S/C19H21NO5/c1-23-16-10-8-13(12-17(16)24-2)9-11-18(21)20-15-7-5-4-6-14(15)19(22)25-3/h4-8,10,12H,9,11H2,1-3H3,(H,20,21). The summed E-state index contributed by atoms with van der Waals surface area (Å²) in [5.41, 5.74) is 1.71. The van der Waals surface area contributed by atoms with Crippen molar-refractivity contribution in [3.63, 3.8) is 0 Å². The van der Waals surface area contributed by atoms with Crippen LogP contribution in [0.15, 0.2) is 42.5 Å². The first-order valence-electron chi connectivity index (χ1n) is 7.77. The number of amides is 1. The Bertz CT molecular complexity index is 757. The minimum Gasteiger partial charge on any atom is -0.493 e. The van der Waals surface area contributed by atoms with E-state index in [2.05, 4.69) is 5.32 Å². The van der Waals surface area contributed by atoms with Crippen molar-refractivity contribution in [2.75, 3.05) is 26.6 Å². The van der Waals surface area contributed by atoms with Gasteiger partial charge in [0.05, 0.1) is 32.6 Å². The second-order valence-corrected chi connectivity index (χ2v) is 5.27. The maximum absolute atomic E-state index is 12.2. The van der Waals surface area contributed by atoms with Crippen molar-refractivity contribution >= 4 is 17.6 Å². The highest BCUT2D eigenvalue weighted by atomic mass is 16.5. The molecule has 0 saturated heterocycles. The summed E-state index contributed by atoms with van der Waals surface area (Å²) in [5.74, 6) is 0.584. The molecule has 2 rings (SSSR count). The third-order valence-electron chi connectivity index (χ3n) is 3.70. The zero-order valence-corrected chi connectivity index (χ0v) is 14.5. The SMILES string of the molecule is COC(=O)c1ccccc1NC(=O)CCc1ccc(OC)c(OC)c1. The largest absolute Gasteiger partial charge is 0.493 e. The molecule has 0 aliphatic carbocycles. The lowest BCUT2D eigenvalue weighted by atomic mass is 10.1. The Morgan fingerprint density at radius 3 is 2.36 bits per heavy atom. The number of para-hydroxylation sites is 1. The molecule has 2 aromatic carbocycles. The molecule has 132 valence electrons. The van der Waals surface area contributed by atoms with Crippen molar-refractivity contribution in [1.29, 1.82) is 0 Å². The molecule has 0 atom stereocenters. The number of aryl methyl sites for hydroxylation is 1. The predicted molar refractivity (Wildman–Crippen MR) is 94.3 cm³/mol. The highest BCUT2D eigenvalue weighted by molar-refractivity contribution is 6.01. The molecular weight excluding hydrogens is 322 g/mol. The molecule has 1 amide bonds. The third kappa shape index (κ3) is 4.73. The van der Waals surface area contributed by atoms with Gasteiger partial charge in [-0.25, -0.2) is 4.79 Å². The predicted octanol–water partition coefficient (Wildman–Crippen LogP) is 3.06. The Morgan fingerprint density at radius 1 is 0.960 bits per heavy atom. The lowest BCUT2D eigenvalue weighted by Gasteiger charge is -2.11. The molecule has 1 N–H and O–H groups in total. The van der Waals surface area contributed by atoms with Crippen LogP contribution in [0.5, 0.6) is 11.5 Å². The number of benzene rings is 2. The van der Waals surface area contributed by atoms with Gasteiger partial charge in [0.15, 0.2) is 11.5 Å². The summed E-state index contributed by atoms with van der Waals surface area (Å²) in [7, 11) is 4.44. The van der Waals surface area contributed by atoms with Crippen LogP contribution < -0.4 is 14.8 Å². The molecule has 0 aromatic heterocycles. The average Bonchev–Trinajstić information content (AvgIpc) is 2.65. The summed E-state index contributed by atoms with van der Waals surface area (Å²) in [6.07, 6.45) is 0.803. The van der Waals surface area contributed by atoms with Gasteiger partial charge in [-0.15, -0.1) is 0 Å². The fourth-order valence-corrected chi connectivity index (χ4v) is 2.39. The van der Waals surface area contributed by atoms with E-state index in [9.17, 15) is 9.59 Å². The van der Waals surface area contributed by atoms with E-state index in [4.69, 9.17) is 14.2 Å². The van der Waals surface area contributed by atoms with Gasteiger partial charge in [0.25, 0.3) is 0 Å². The topological polar surface area (TPSA) is 73.9 Å². The molecular formula is C19H21NO5. The van der Waals surface area contributed by atoms with Gasteiger partial charge in [-0.05, 0) is 36.2 Å². The van der Waals surface area contributed by atoms with Gasteiger partial charge in [-0.3, -0.25) is 4.79 Å². The number of carbonyl (C=O) groups excluding carboxylic acids is 2. The van der Waals surface area contributed by atoms with Gasteiger partial charge >= 0.3 is 5.97 Å². The van der Waals surface area contributed by atoms with E-state index in [-0.39, 0.29) is 12.3 Å². The first-order valence-corrected chi connectivity index (χ1v) is 7.77. The second kappa shape index (κ2) is 8.73. The molecule has 6 nitrogen and oxygen atoms in total. The molecule has 0 bridgehead atoms. The Kier molecular flexibility index (Phi) is 6.39. The van der Waals surface area contributed by atoms with E-state index in [1.807, 2.05) is 12.1 Å². The van der Waals surface area contributed by atoms with E-state index >= 15 is 0 Å². The minimum atomic E-state index is -0.490. The maximum atomic E-state index is 12.2. The summed E-state index contributed by atoms with van der Waals surface area (Å²) in [4.78, 5) is 23.9. The van der Waals surface area contributed by atoms with E-state index in [0.29, 0.717) is 29.2 Å². The molecule has 0 unspecified atom stereocenters. The normalized spacial score (nSPS) is 10.0. The molecule has 0 spiro atoms. The fraction of sp³-hybridized carbons (Fsp3) is 0.263. The summed E-state index contributed by atoms with van der Waals surface area (Å²) in [5, 5.41) is 2.75. The molecule has 2 aromatic rings. The number of esters is 1. The van der Waals surface area contributed by atoms with Crippen molar-refractivity contribution in [1.82, 2.24) is 0 Å². The molecule has 25 heavy (non-hydrogen) atoms. The van der Waals surface area contributed by atoms with E-state index in [0.717, 1.165) is 5.56 Å². The van der Waals surface area contributed by atoms with Gasteiger partial charge < -0.3 is 19.5 Å². The van der Waals surface area contributed by atoms with Crippen LogP contribution in [0.3, 0.4) is 0 Å². The Labute approximate surface area is 146 Å². The summed E-state index contributed by atoms with van der Waals surface area (Å²) in [6.45, 7) is 0. The van der Waals surface area contributed by atoms with Gasteiger partial charge in [0.2, 0.25) is 5.91 Å². The Balaban J connectivity index is 2.01. The lowest BCUT2D eigenvalue weighted by molar-refractivity contribution is -0.116. The Morgan fingerprint density at radius 2 is 1.68 bits per heavy atom. The van der Waals surface area contributed by atoms with Gasteiger partial charge in [-0.1, -0.05) is 18.2 Å². The van der Waals surface area contributed by atoms with Crippen molar-refractivity contribution in [2.24, 2.45) is 0 Å². The van der Waals surface area contributed by atoms with Crippen LogP contribution >= 0.6 is 0 Å². The van der Waals surface area contributed by atoms with Crippen molar-refractivity contribution in [2.45, 2.75) is 12.8 Å². The number of ether oxygens (including phenoxy) is 3. The van der Waals surface area contributed by atoms with Gasteiger partial charge in [0, 0.05) is 6.42 Å². The number of methoxy groups -OCH3 is 3. The molecule has 6 heteroatoms. The van der Waals surface area contributed by atoms with Crippen molar-refractivity contribution < 1.29 is 23.8 Å². The quantitative estimate of drug-likeness (QED) is 0.782. The van der Waals surface area contributed by atoms with Crippen LogP contribution in [0.25, 0.3) is 0 Å². The van der Waals surface area contributed by atoms with E-state index < -0.39 is 5.97 Å². The lowest BCUT2D eigenvalue weighted by Crippen LogP contribution is -2.15. The molecule has 0 saturated carbocycles. The number of nitrogens with one attached hydrogen (secondary N) is 1. The maximum Gasteiger partial charge on any atom is 0.339 e. The second-order valence-electron chi connectivity index (χ2n) is 5.27. The average molecular weight is 343 g/mol. The monoisotopic (exact) mass is 343 g/mol. The molecule has 0 aliphatic rings. The van der Waals surface area contributed by atoms with E-state index in [1.54, 1.807) is 44.6 Å². The first kappa shape index (κ1) is 18.3. The van der Waals surface area contributed by atoms with Crippen LogP contribution in [0.1, 0.15) is 22.3 Å². The van der Waals surface area contributed by atoms with Crippen LogP contribution in [-0.4, -0.2) is 33.2 Å². The Hall–Kier alpha value is -3.02. The highest BCUT2D eigenvalue weighted by Gasteiger charge is 2.13. The molecule has 0 radical (unpaired) electrons. The molecule has 0 heterocycles. The van der Waals surface area contributed by atoms with Crippen LogP contribution in [0.4, 0.5) is 5.69 Å². The molecule has 0 fully saturated rings. The van der Waals surface area contributed by atoms with Gasteiger partial charge in [0.1, 0.15) is 0 Å². The summed E-state index contributed by atoms with van der Waals surface area (Å²) < 4.78 is 15.2. The smallest absolute Gasteiger partial charge is 0.339 e.